The van der Waals surface area contributed by atoms with Gasteiger partial charge in [0.25, 0.3) is 5.56 Å². The zero-order valence-electron chi connectivity index (χ0n) is 3.89. The summed E-state index contributed by atoms with van der Waals surface area (Å²) in [4.78, 5) is 11.3. The van der Waals surface area contributed by atoms with E-state index in [4.69, 9.17) is 0 Å². The van der Waals surface area contributed by atoms with E-state index in [9.17, 15) is 4.79 Å². The average Bonchev–Trinajstić information content (AvgIpc) is 1.87. The molecule has 38 valence electrons. The molecule has 0 amide bonds. The lowest BCUT2D eigenvalue weighted by atomic mass is 10.6. The van der Waals surface area contributed by atoms with Gasteiger partial charge >= 0.3 is 0 Å². The van der Waals surface area contributed by atoms with Gasteiger partial charge in [0, 0.05) is 10.9 Å². The van der Waals surface area contributed by atoms with Crippen LogP contribution < -0.4 is 5.56 Å². The van der Waals surface area contributed by atoms with Crippen LogP contribution in [0.5, 0.6) is 0 Å². The van der Waals surface area contributed by atoms with E-state index >= 15 is 0 Å². The second kappa shape index (κ2) is 1.50. The van der Waals surface area contributed by atoms with Gasteiger partial charge in [0.2, 0.25) is 0 Å². The molecule has 1 aromatic rings. The smallest absolute Gasteiger partial charge is 0.258 e. The summed E-state index contributed by atoms with van der Waals surface area (Å²) < 4.78 is 2.55. The van der Waals surface area contributed by atoms with Crippen LogP contribution in [0.2, 0.25) is 0 Å². The highest BCUT2D eigenvalue weighted by Crippen LogP contribution is 1.93. The summed E-state index contributed by atoms with van der Waals surface area (Å²) in [5.41, 5.74) is 0.00231. The monoisotopic (exact) mass is 115 g/mol. The largest absolute Gasteiger partial charge is 0.278 e. The van der Waals surface area contributed by atoms with Gasteiger partial charge in [-0.05, 0) is 6.92 Å². The Hall–Kier alpha value is -0.570. The minimum absolute atomic E-state index is 0.00231. The molecular weight excluding hydrogens is 110 g/mol. The van der Waals surface area contributed by atoms with Crippen molar-refractivity contribution in [3.63, 3.8) is 0 Å². The fourth-order valence-electron chi connectivity index (χ4n) is 0.374. The van der Waals surface area contributed by atoms with E-state index in [0.717, 1.165) is 4.88 Å². The standard InChI is InChI=1S/C4H5NOS/c1-3-2-4(6)5-7-3/h2H,1H3,(H,5,6). The molecule has 0 saturated carbocycles. The van der Waals surface area contributed by atoms with Gasteiger partial charge in [0.05, 0.1) is 0 Å². The van der Waals surface area contributed by atoms with Crippen LogP contribution in [0.1, 0.15) is 4.88 Å². The molecule has 0 atom stereocenters. The van der Waals surface area contributed by atoms with Crippen molar-refractivity contribution in [3.05, 3.63) is 21.3 Å². The Bertz CT molecular complexity index is 199. The second-order valence-corrected chi connectivity index (χ2v) is 2.38. The number of hydrogen-bond donors (Lipinski definition) is 1. The maximum atomic E-state index is 10.2. The van der Waals surface area contributed by atoms with Gasteiger partial charge in [-0.25, -0.2) is 0 Å². The van der Waals surface area contributed by atoms with Gasteiger partial charge in [-0.2, -0.15) is 0 Å². The zero-order chi connectivity index (χ0) is 5.28. The van der Waals surface area contributed by atoms with E-state index in [1.165, 1.54) is 11.5 Å². The molecule has 1 heterocycles. The maximum Gasteiger partial charge on any atom is 0.258 e. The van der Waals surface area contributed by atoms with E-state index in [1.807, 2.05) is 6.92 Å². The van der Waals surface area contributed by atoms with Gasteiger partial charge in [0.1, 0.15) is 0 Å². The van der Waals surface area contributed by atoms with Gasteiger partial charge in [0.15, 0.2) is 0 Å². The number of nitrogens with one attached hydrogen (secondary N) is 1. The number of aromatic amines is 1. The molecular formula is C4H5NOS. The van der Waals surface area contributed by atoms with E-state index in [0.29, 0.717) is 0 Å². The molecule has 0 bridgehead atoms. The number of aromatic nitrogens is 1. The molecule has 0 spiro atoms. The molecule has 1 aromatic heterocycles. The third-order valence-electron chi connectivity index (χ3n) is 0.647. The van der Waals surface area contributed by atoms with E-state index in [1.54, 1.807) is 6.07 Å². The molecule has 0 aliphatic heterocycles. The van der Waals surface area contributed by atoms with E-state index < -0.39 is 0 Å². The van der Waals surface area contributed by atoms with Crippen molar-refractivity contribution in [3.8, 4) is 0 Å². The molecule has 0 aliphatic rings. The van der Waals surface area contributed by atoms with Crippen LogP contribution in [-0.2, 0) is 0 Å². The molecule has 0 saturated heterocycles. The number of hydrogen-bond acceptors (Lipinski definition) is 2. The van der Waals surface area contributed by atoms with Crippen LogP contribution >= 0.6 is 11.5 Å². The summed E-state index contributed by atoms with van der Waals surface area (Å²) in [5, 5.41) is 0. The molecule has 2 nitrogen and oxygen atoms in total. The molecule has 1 rings (SSSR count). The van der Waals surface area contributed by atoms with Gasteiger partial charge < -0.3 is 0 Å². The van der Waals surface area contributed by atoms with Crippen molar-refractivity contribution in [1.29, 1.82) is 0 Å². The fraction of sp³-hybridized carbons (Fsp3) is 0.250. The normalized spacial score (nSPS) is 9.29. The average molecular weight is 115 g/mol. The third kappa shape index (κ3) is 0.899. The summed E-state index contributed by atoms with van der Waals surface area (Å²) in [6, 6.07) is 1.57. The zero-order valence-corrected chi connectivity index (χ0v) is 4.71. The van der Waals surface area contributed by atoms with Crippen molar-refractivity contribution in [2.24, 2.45) is 0 Å². The van der Waals surface area contributed by atoms with E-state index in [-0.39, 0.29) is 5.56 Å². The second-order valence-electron chi connectivity index (χ2n) is 1.32. The first kappa shape index (κ1) is 4.59. The first-order valence-electron chi connectivity index (χ1n) is 1.94. The third-order valence-corrected chi connectivity index (χ3v) is 1.39. The van der Waals surface area contributed by atoms with Crippen LogP contribution in [0.25, 0.3) is 0 Å². The summed E-state index contributed by atoms with van der Waals surface area (Å²) in [7, 11) is 0. The number of H-pyrrole nitrogens is 1. The molecule has 0 aliphatic carbocycles. The Kier molecular flexibility index (Phi) is 0.982. The van der Waals surface area contributed by atoms with Gasteiger partial charge in [-0.3, -0.25) is 9.17 Å². The molecule has 0 radical (unpaired) electrons. The molecule has 7 heavy (non-hydrogen) atoms. The SMILES string of the molecule is Cc1cc(=O)[nH]s1. The Morgan fingerprint density at radius 3 is 2.71 bits per heavy atom. The lowest BCUT2D eigenvalue weighted by Gasteiger charge is -1.63. The predicted molar refractivity (Wildman–Crippen MR) is 29.7 cm³/mol. The lowest BCUT2D eigenvalue weighted by Crippen LogP contribution is -1.91. The van der Waals surface area contributed by atoms with Crippen molar-refractivity contribution in [2.75, 3.05) is 0 Å². The first-order chi connectivity index (χ1) is 3.29. The van der Waals surface area contributed by atoms with Crippen LogP contribution in [0, 0.1) is 6.92 Å². The minimum Gasteiger partial charge on any atom is -0.278 e. The summed E-state index contributed by atoms with van der Waals surface area (Å²) in [5.74, 6) is 0. The lowest BCUT2D eigenvalue weighted by molar-refractivity contribution is 1.42. The Morgan fingerprint density at radius 1 is 1.86 bits per heavy atom. The highest BCUT2D eigenvalue weighted by Gasteiger charge is 1.83. The molecule has 3 heteroatoms. The van der Waals surface area contributed by atoms with Crippen LogP contribution in [0.4, 0.5) is 0 Å². The minimum atomic E-state index is 0.00231. The van der Waals surface area contributed by atoms with Gasteiger partial charge in [-0.15, -0.1) is 0 Å². The topological polar surface area (TPSA) is 32.9 Å². The van der Waals surface area contributed by atoms with Crippen molar-refractivity contribution in [2.45, 2.75) is 6.92 Å². The highest BCUT2D eigenvalue weighted by molar-refractivity contribution is 7.05. The van der Waals surface area contributed by atoms with Crippen molar-refractivity contribution < 1.29 is 0 Å². The Labute approximate surface area is 45.0 Å². The summed E-state index contributed by atoms with van der Waals surface area (Å²) in [6.07, 6.45) is 0. The molecule has 0 fully saturated rings. The fourth-order valence-corrected chi connectivity index (χ4v) is 0.861. The van der Waals surface area contributed by atoms with Crippen molar-refractivity contribution >= 4 is 11.5 Å². The Morgan fingerprint density at radius 2 is 2.57 bits per heavy atom. The summed E-state index contributed by atoms with van der Waals surface area (Å²) in [6.45, 7) is 1.89. The molecule has 0 unspecified atom stereocenters. The Balaban J connectivity index is 3.30. The van der Waals surface area contributed by atoms with Gasteiger partial charge in [-0.1, -0.05) is 11.5 Å². The number of rotatable bonds is 0. The number of aryl methyl sites for hydroxylation is 1. The van der Waals surface area contributed by atoms with Crippen LogP contribution in [0.3, 0.4) is 0 Å². The van der Waals surface area contributed by atoms with Crippen LogP contribution in [-0.4, -0.2) is 4.37 Å². The molecule has 1 N–H and O–H groups in total. The molecule has 0 aromatic carbocycles. The highest BCUT2D eigenvalue weighted by atomic mass is 32.1. The van der Waals surface area contributed by atoms with Crippen LogP contribution in [0.15, 0.2) is 10.9 Å². The quantitative estimate of drug-likeness (QED) is 0.531. The van der Waals surface area contributed by atoms with Crippen molar-refractivity contribution in [1.82, 2.24) is 4.37 Å². The summed E-state index contributed by atoms with van der Waals surface area (Å²) >= 11 is 1.37. The predicted octanol–water partition coefficient (Wildman–Crippen LogP) is 0.745. The van der Waals surface area contributed by atoms with E-state index in [2.05, 4.69) is 4.37 Å². The maximum absolute atomic E-state index is 10.2. The first-order valence-corrected chi connectivity index (χ1v) is 2.76.